The van der Waals surface area contributed by atoms with Gasteiger partial charge in [0.25, 0.3) is 5.69 Å². The van der Waals surface area contributed by atoms with Gasteiger partial charge in [0.1, 0.15) is 0 Å². The van der Waals surface area contributed by atoms with Gasteiger partial charge in [-0.15, -0.1) is 0 Å². The van der Waals surface area contributed by atoms with Gasteiger partial charge in [-0.25, -0.2) is 13.1 Å². The number of nitro benzene ring substituents is 1. The first-order chi connectivity index (χ1) is 12.8. The lowest BCUT2D eigenvalue weighted by molar-refractivity contribution is -0.385. The predicted octanol–water partition coefficient (Wildman–Crippen LogP) is 3.43. The molecule has 2 aromatic rings. The maximum Gasteiger partial charge on any atom is 0.270 e. The standard InChI is InChI=1S/C18H22N2O6S/c1-4-25-17-10-9-14(11-18(17)26-5-2)13(3)19-27(23,24)16-8-6-7-15(12-16)20(21)22/h6-13,19H,4-5H2,1-3H3/t13-/m0/s1. The van der Waals surface area contributed by atoms with E-state index in [2.05, 4.69) is 4.72 Å². The topological polar surface area (TPSA) is 108 Å². The Morgan fingerprint density at radius 3 is 2.37 bits per heavy atom. The number of hydrogen-bond donors (Lipinski definition) is 1. The molecule has 0 saturated carbocycles. The Morgan fingerprint density at radius 2 is 1.74 bits per heavy atom. The largest absolute Gasteiger partial charge is 0.490 e. The van der Waals surface area contributed by atoms with Crippen LogP contribution in [0.2, 0.25) is 0 Å². The number of benzene rings is 2. The van der Waals surface area contributed by atoms with E-state index < -0.39 is 21.0 Å². The highest BCUT2D eigenvalue weighted by molar-refractivity contribution is 7.89. The Balaban J connectivity index is 2.27. The molecule has 146 valence electrons. The van der Waals surface area contributed by atoms with E-state index in [1.165, 1.54) is 18.2 Å². The van der Waals surface area contributed by atoms with Crippen LogP contribution in [-0.4, -0.2) is 26.6 Å². The molecule has 0 aliphatic carbocycles. The minimum Gasteiger partial charge on any atom is -0.490 e. The van der Waals surface area contributed by atoms with Crippen molar-refractivity contribution in [3.63, 3.8) is 0 Å². The number of hydrogen-bond acceptors (Lipinski definition) is 6. The number of sulfonamides is 1. The molecule has 2 rings (SSSR count). The number of non-ortho nitro benzene ring substituents is 1. The van der Waals surface area contributed by atoms with Crippen molar-refractivity contribution in [1.29, 1.82) is 0 Å². The van der Waals surface area contributed by atoms with Gasteiger partial charge in [0, 0.05) is 18.2 Å². The molecular formula is C18H22N2O6S. The summed E-state index contributed by atoms with van der Waals surface area (Å²) in [7, 11) is -3.94. The molecule has 0 saturated heterocycles. The monoisotopic (exact) mass is 394 g/mol. The second-order valence-corrected chi connectivity index (χ2v) is 7.38. The molecule has 0 aliphatic heterocycles. The molecule has 0 amide bonds. The summed E-state index contributed by atoms with van der Waals surface area (Å²) in [6.07, 6.45) is 0. The SMILES string of the molecule is CCOc1ccc([C@H](C)NS(=O)(=O)c2cccc([N+](=O)[O-])c2)cc1OCC. The molecule has 27 heavy (non-hydrogen) atoms. The Hall–Kier alpha value is -2.65. The van der Waals surface area contributed by atoms with Crippen LogP contribution in [-0.2, 0) is 10.0 Å². The fourth-order valence-electron chi connectivity index (χ4n) is 2.47. The molecule has 1 atom stereocenters. The van der Waals surface area contributed by atoms with Crippen molar-refractivity contribution in [2.45, 2.75) is 31.7 Å². The van der Waals surface area contributed by atoms with Crippen molar-refractivity contribution in [2.75, 3.05) is 13.2 Å². The lowest BCUT2D eigenvalue weighted by atomic mass is 10.1. The highest BCUT2D eigenvalue weighted by Crippen LogP contribution is 2.31. The fourth-order valence-corrected chi connectivity index (χ4v) is 3.74. The zero-order chi connectivity index (χ0) is 20.0. The number of ether oxygens (including phenoxy) is 2. The van der Waals surface area contributed by atoms with E-state index in [4.69, 9.17) is 9.47 Å². The normalized spacial score (nSPS) is 12.4. The zero-order valence-electron chi connectivity index (χ0n) is 15.3. The van der Waals surface area contributed by atoms with Gasteiger partial charge in [0.15, 0.2) is 11.5 Å². The first kappa shape index (κ1) is 20.7. The van der Waals surface area contributed by atoms with Gasteiger partial charge < -0.3 is 9.47 Å². The van der Waals surface area contributed by atoms with Crippen molar-refractivity contribution in [3.8, 4) is 11.5 Å². The van der Waals surface area contributed by atoms with E-state index >= 15 is 0 Å². The van der Waals surface area contributed by atoms with Crippen LogP contribution >= 0.6 is 0 Å². The van der Waals surface area contributed by atoms with Gasteiger partial charge in [-0.1, -0.05) is 12.1 Å². The summed E-state index contributed by atoms with van der Waals surface area (Å²) < 4.78 is 38.8. The molecule has 0 fully saturated rings. The number of nitrogens with zero attached hydrogens (tertiary/aromatic N) is 1. The highest BCUT2D eigenvalue weighted by Gasteiger charge is 2.21. The lowest BCUT2D eigenvalue weighted by Crippen LogP contribution is -2.27. The Labute approximate surface area is 158 Å². The van der Waals surface area contributed by atoms with E-state index in [1.807, 2.05) is 13.8 Å². The van der Waals surface area contributed by atoms with E-state index in [-0.39, 0.29) is 10.6 Å². The van der Waals surface area contributed by atoms with Gasteiger partial charge >= 0.3 is 0 Å². The Morgan fingerprint density at radius 1 is 1.07 bits per heavy atom. The zero-order valence-corrected chi connectivity index (χ0v) is 16.2. The molecule has 0 aromatic heterocycles. The molecule has 0 heterocycles. The number of rotatable bonds is 9. The molecule has 9 heteroatoms. The predicted molar refractivity (Wildman–Crippen MR) is 101 cm³/mol. The Bertz CT molecular complexity index is 914. The molecule has 1 N–H and O–H groups in total. The molecule has 0 bridgehead atoms. The van der Waals surface area contributed by atoms with Crippen molar-refractivity contribution in [3.05, 3.63) is 58.1 Å². The smallest absolute Gasteiger partial charge is 0.270 e. The van der Waals surface area contributed by atoms with E-state index in [9.17, 15) is 18.5 Å². The molecule has 2 aromatic carbocycles. The van der Waals surface area contributed by atoms with Crippen LogP contribution in [0.3, 0.4) is 0 Å². The first-order valence-electron chi connectivity index (χ1n) is 8.44. The Kier molecular flexibility index (Phi) is 6.75. The van der Waals surface area contributed by atoms with Crippen molar-refractivity contribution >= 4 is 15.7 Å². The maximum atomic E-state index is 12.6. The molecular weight excluding hydrogens is 372 g/mol. The van der Waals surface area contributed by atoms with E-state index in [1.54, 1.807) is 25.1 Å². The van der Waals surface area contributed by atoms with Gasteiger partial charge in [-0.05, 0) is 44.5 Å². The first-order valence-corrected chi connectivity index (χ1v) is 9.93. The molecule has 0 spiro atoms. The summed E-state index contributed by atoms with van der Waals surface area (Å²) in [5, 5.41) is 10.9. The van der Waals surface area contributed by atoms with Gasteiger partial charge in [0.2, 0.25) is 10.0 Å². The summed E-state index contributed by atoms with van der Waals surface area (Å²) >= 11 is 0. The van der Waals surface area contributed by atoms with Crippen molar-refractivity contribution < 1.29 is 22.8 Å². The summed E-state index contributed by atoms with van der Waals surface area (Å²) in [5.41, 5.74) is 0.390. The van der Waals surface area contributed by atoms with Crippen LogP contribution in [0.4, 0.5) is 5.69 Å². The molecule has 0 unspecified atom stereocenters. The fraction of sp³-hybridized carbons (Fsp3) is 0.333. The van der Waals surface area contributed by atoms with Crippen LogP contribution in [0.5, 0.6) is 11.5 Å². The van der Waals surface area contributed by atoms with Crippen molar-refractivity contribution in [1.82, 2.24) is 4.72 Å². The number of nitrogens with one attached hydrogen (secondary N) is 1. The minimum atomic E-state index is -3.94. The average molecular weight is 394 g/mol. The van der Waals surface area contributed by atoms with Gasteiger partial charge in [-0.3, -0.25) is 10.1 Å². The molecule has 0 radical (unpaired) electrons. The van der Waals surface area contributed by atoms with Crippen LogP contribution < -0.4 is 14.2 Å². The van der Waals surface area contributed by atoms with Crippen molar-refractivity contribution in [2.24, 2.45) is 0 Å². The van der Waals surface area contributed by atoms with E-state index in [0.717, 1.165) is 6.07 Å². The summed E-state index contributed by atoms with van der Waals surface area (Å²) in [6.45, 7) is 6.31. The second-order valence-electron chi connectivity index (χ2n) is 5.67. The van der Waals surface area contributed by atoms with E-state index in [0.29, 0.717) is 30.3 Å². The molecule has 0 aliphatic rings. The maximum absolute atomic E-state index is 12.6. The summed E-state index contributed by atoms with van der Waals surface area (Å²) in [5.74, 6) is 1.11. The third-order valence-corrected chi connectivity index (χ3v) is 5.28. The summed E-state index contributed by atoms with van der Waals surface area (Å²) in [6, 6.07) is 9.52. The second kappa shape index (κ2) is 8.83. The quantitative estimate of drug-likeness (QED) is 0.516. The number of nitro groups is 1. The van der Waals surface area contributed by atoms with Crippen LogP contribution in [0.15, 0.2) is 47.4 Å². The van der Waals surface area contributed by atoms with Gasteiger partial charge in [0.05, 0.1) is 23.0 Å². The third-order valence-electron chi connectivity index (χ3n) is 3.74. The van der Waals surface area contributed by atoms with Gasteiger partial charge in [-0.2, -0.15) is 0 Å². The molecule has 8 nitrogen and oxygen atoms in total. The minimum absolute atomic E-state index is 0.167. The van der Waals surface area contributed by atoms with Crippen LogP contribution in [0, 0.1) is 10.1 Å². The summed E-state index contributed by atoms with van der Waals surface area (Å²) in [4.78, 5) is 10.1. The lowest BCUT2D eigenvalue weighted by Gasteiger charge is -2.17. The third kappa shape index (κ3) is 5.18. The van der Waals surface area contributed by atoms with Crippen LogP contribution in [0.1, 0.15) is 32.4 Å². The van der Waals surface area contributed by atoms with Crippen LogP contribution in [0.25, 0.3) is 0 Å². The average Bonchev–Trinajstić information content (AvgIpc) is 2.63. The highest BCUT2D eigenvalue weighted by atomic mass is 32.2.